The number of nitrogens with one attached hydrogen (secondary N) is 1. The van der Waals surface area contributed by atoms with Crippen LogP contribution in [0.5, 0.6) is 0 Å². The fourth-order valence-corrected chi connectivity index (χ4v) is 1.34. The number of aryl methyl sites for hydroxylation is 1. The van der Waals surface area contributed by atoms with Crippen molar-refractivity contribution in [2.45, 2.75) is 32.4 Å². The zero-order valence-electron chi connectivity index (χ0n) is 11.3. The molecule has 0 bridgehead atoms. The van der Waals surface area contributed by atoms with E-state index in [2.05, 4.69) is 56.4 Å². The molecule has 4 heteroatoms. The van der Waals surface area contributed by atoms with Gasteiger partial charge < -0.3 is 10.2 Å². The lowest BCUT2D eigenvalue weighted by molar-refractivity contribution is 0.185. The van der Waals surface area contributed by atoms with Crippen LogP contribution < -0.4 is 5.32 Å². The maximum absolute atomic E-state index is 4.18. The molecule has 0 radical (unpaired) electrons. The standard InChI is InChI=1S/C12H24N4/c1-10(11-7-14-16(6)8-11)13-9-12(2,3)15(4)5/h7-8,10,13H,9H2,1-6H3. The number of hydrogen-bond donors (Lipinski definition) is 1. The molecule has 1 unspecified atom stereocenters. The molecule has 1 N–H and O–H groups in total. The molecule has 0 aliphatic rings. The maximum Gasteiger partial charge on any atom is 0.0537 e. The van der Waals surface area contributed by atoms with Crippen molar-refractivity contribution in [1.29, 1.82) is 0 Å². The molecular formula is C12H24N4. The summed E-state index contributed by atoms with van der Waals surface area (Å²) in [4.78, 5) is 2.23. The first kappa shape index (κ1) is 13.2. The van der Waals surface area contributed by atoms with Crippen LogP contribution in [0.4, 0.5) is 0 Å². The van der Waals surface area contributed by atoms with Gasteiger partial charge in [-0.05, 0) is 34.9 Å². The van der Waals surface area contributed by atoms with E-state index in [1.165, 1.54) is 5.56 Å². The lowest BCUT2D eigenvalue weighted by Crippen LogP contribution is -2.47. The van der Waals surface area contributed by atoms with Crippen LogP contribution in [-0.4, -0.2) is 40.9 Å². The topological polar surface area (TPSA) is 33.1 Å². The minimum atomic E-state index is 0.163. The smallest absolute Gasteiger partial charge is 0.0537 e. The zero-order chi connectivity index (χ0) is 12.3. The second-order valence-electron chi connectivity index (χ2n) is 5.26. The van der Waals surface area contributed by atoms with E-state index in [0.717, 1.165) is 6.54 Å². The van der Waals surface area contributed by atoms with Crippen LogP contribution in [0, 0.1) is 0 Å². The van der Waals surface area contributed by atoms with E-state index < -0.39 is 0 Å². The molecule has 1 atom stereocenters. The molecule has 1 aromatic heterocycles. The van der Waals surface area contributed by atoms with Gasteiger partial charge in [0.1, 0.15) is 0 Å². The van der Waals surface area contributed by atoms with Gasteiger partial charge in [-0.3, -0.25) is 4.68 Å². The summed E-state index contributed by atoms with van der Waals surface area (Å²) in [6.45, 7) is 7.59. The Hall–Kier alpha value is -0.870. The van der Waals surface area contributed by atoms with Gasteiger partial charge in [0.2, 0.25) is 0 Å². The molecule has 0 aromatic carbocycles. The van der Waals surface area contributed by atoms with Crippen LogP contribution in [0.15, 0.2) is 12.4 Å². The van der Waals surface area contributed by atoms with E-state index in [9.17, 15) is 0 Å². The van der Waals surface area contributed by atoms with Gasteiger partial charge >= 0.3 is 0 Å². The molecule has 16 heavy (non-hydrogen) atoms. The summed E-state index contributed by atoms with van der Waals surface area (Å²) < 4.78 is 1.84. The van der Waals surface area contributed by atoms with Crippen molar-refractivity contribution in [1.82, 2.24) is 20.0 Å². The highest BCUT2D eigenvalue weighted by Gasteiger charge is 2.21. The second-order valence-corrected chi connectivity index (χ2v) is 5.26. The first-order valence-electron chi connectivity index (χ1n) is 5.72. The van der Waals surface area contributed by atoms with Gasteiger partial charge in [0, 0.05) is 36.9 Å². The van der Waals surface area contributed by atoms with Crippen LogP contribution in [0.25, 0.3) is 0 Å². The number of nitrogens with zero attached hydrogens (tertiary/aromatic N) is 3. The zero-order valence-corrected chi connectivity index (χ0v) is 11.3. The fraction of sp³-hybridized carbons (Fsp3) is 0.750. The van der Waals surface area contributed by atoms with Crippen LogP contribution in [0.2, 0.25) is 0 Å². The first-order valence-corrected chi connectivity index (χ1v) is 5.72. The van der Waals surface area contributed by atoms with Gasteiger partial charge in [-0.1, -0.05) is 0 Å². The summed E-state index contributed by atoms with van der Waals surface area (Å²) in [7, 11) is 6.16. The molecular weight excluding hydrogens is 200 g/mol. The average Bonchev–Trinajstić information content (AvgIpc) is 2.61. The van der Waals surface area contributed by atoms with E-state index in [-0.39, 0.29) is 5.54 Å². The van der Waals surface area contributed by atoms with Crippen molar-refractivity contribution in [3.8, 4) is 0 Å². The fourth-order valence-electron chi connectivity index (χ4n) is 1.34. The lowest BCUT2D eigenvalue weighted by Gasteiger charge is -2.33. The van der Waals surface area contributed by atoms with Gasteiger partial charge in [0.05, 0.1) is 6.20 Å². The molecule has 0 aliphatic heterocycles. The van der Waals surface area contributed by atoms with Crippen molar-refractivity contribution in [3.05, 3.63) is 18.0 Å². The van der Waals surface area contributed by atoms with Gasteiger partial charge in [0.25, 0.3) is 0 Å². The summed E-state index contributed by atoms with van der Waals surface area (Å²) in [5, 5.41) is 7.72. The summed E-state index contributed by atoms with van der Waals surface area (Å²) in [6.07, 6.45) is 3.97. The van der Waals surface area contributed by atoms with Gasteiger partial charge in [0.15, 0.2) is 0 Å². The van der Waals surface area contributed by atoms with Crippen LogP contribution in [0.1, 0.15) is 32.4 Å². The molecule has 0 saturated carbocycles. The molecule has 0 spiro atoms. The number of likely N-dealkylation sites (N-methyl/N-ethyl adjacent to an activating group) is 1. The van der Waals surface area contributed by atoms with E-state index in [0.29, 0.717) is 6.04 Å². The second kappa shape index (κ2) is 4.97. The van der Waals surface area contributed by atoms with Crippen LogP contribution in [-0.2, 0) is 7.05 Å². The molecule has 1 aromatic rings. The Bertz CT molecular complexity index is 328. The number of rotatable bonds is 5. The third-order valence-electron chi connectivity index (χ3n) is 3.28. The Morgan fingerprint density at radius 3 is 2.56 bits per heavy atom. The Morgan fingerprint density at radius 2 is 2.12 bits per heavy atom. The highest BCUT2D eigenvalue weighted by molar-refractivity contribution is 5.09. The molecule has 0 saturated heterocycles. The molecule has 0 amide bonds. The maximum atomic E-state index is 4.18. The molecule has 4 nitrogen and oxygen atoms in total. The highest BCUT2D eigenvalue weighted by atomic mass is 15.2. The molecule has 0 fully saturated rings. The van der Waals surface area contributed by atoms with Gasteiger partial charge in [-0.2, -0.15) is 5.10 Å². The van der Waals surface area contributed by atoms with E-state index in [1.807, 2.05) is 17.9 Å². The summed E-state index contributed by atoms with van der Waals surface area (Å²) in [5.74, 6) is 0. The van der Waals surface area contributed by atoms with Crippen molar-refractivity contribution in [2.75, 3.05) is 20.6 Å². The quantitative estimate of drug-likeness (QED) is 0.821. The Morgan fingerprint density at radius 1 is 1.50 bits per heavy atom. The average molecular weight is 224 g/mol. The van der Waals surface area contributed by atoms with Crippen molar-refractivity contribution in [3.63, 3.8) is 0 Å². The predicted molar refractivity (Wildman–Crippen MR) is 67.4 cm³/mol. The third kappa shape index (κ3) is 3.32. The van der Waals surface area contributed by atoms with E-state index in [4.69, 9.17) is 0 Å². The number of hydrogen-bond acceptors (Lipinski definition) is 3. The van der Waals surface area contributed by atoms with E-state index in [1.54, 1.807) is 0 Å². The van der Waals surface area contributed by atoms with Crippen molar-refractivity contribution in [2.24, 2.45) is 7.05 Å². The minimum absolute atomic E-state index is 0.163. The summed E-state index contributed by atoms with van der Waals surface area (Å²) in [5.41, 5.74) is 1.40. The van der Waals surface area contributed by atoms with Crippen molar-refractivity contribution >= 4 is 0 Å². The van der Waals surface area contributed by atoms with E-state index >= 15 is 0 Å². The molecule has 1 rings (SSSR count). The number of aromatic nitrogens is 2. The van der Waals surface area contributed by atoms with Crippen LogP contribution >= 0.6 is 0 Å². The monoisotopic (exact) mass is 224 g/mol. The summed E-state index contributed by atoms with van der Waals surface area (Å²) >= 11 is 0. The predicted octanol–water partition coefficient (Wildman–Crippen LogP) is 1.41. The Labute approximate surface area is 98.6 Å². The normalized spacial score (nSPS) is 14.4. The molecule has 92 valence electrons. The van der Waals surface area contributed by atoms with Crippen LogP contribution in [0.3, 0.4) is 0 Å². The van der Waals surface area contributed by atoms with Gasteiger partial charge in [-0.15, -0.1) is 0 Å². The summed E-state index contributed by atoms with van der Waals surface area (Å²) in [6, 6.07) is 0.341. The SMILES string of the molecule is CC(NCC(C)(C)N(C)C)c1cnn(C)c1. The lowest BCUT2D eigenvalue weighted by atomic mass is 10.0. The van der Waals surface area contributed by atoms with Gasteiger partial charge in [-0.25, -0.2) is 0 Å². The third-order valence-corrected chi connectivity index (χ3v) is 3.28. The first-order chi connectivity index (χ1) is 7.33. The largest absolute Gasteiger partial charge is 0.308 e. The highest BCUT2D eigenvalue weighted by Crippen LogP contribution is 2.14. The minimum Gasteiger partial charge on any atom is -0.308 e. The Kier molecular flexibility index (Phi) is 4.10. The Balaban J connectivity index is 2.50. The molecule has 1 heterocycles. The van der Waals surface area contributed by atoms with Crippen molar-refractivity contribution < 1.29 is 0 Å². The molecule has 0 aliphatic carbocycles.